The highest BCUT2D eigenvalue weighted by atomic mass is 35.5. The summed E-state index contributed by atoms with van der Waals surface area (Å²) in [5, 5.41) is 12.0. The molecule has 25 heavy (non-hydrogen) atoms. The third-order valence-electron chi connectivity index (χ3n) is 3.07. The van der Waals surface area contributed by atoms with Crippen LogP contribution in [0.4, 0.5) is 0 Å². The van der Waals surface area contributed by atoms with Gasteiger partial charge in [-0.25, -0.2) is 9.78 Å². The number of carbonyl (C=O) groups excluding carboxylic acids is 2. The maximum absolute atomic E-state index is 12.1. The molecule has 1 aromatic carbocycles. The molecule has 0 N–H and O–H groups in total. The molecule has 0 aliphatic heterocycles. The Hall–Kier alpha value is -2.20. The second-order valence-electron chi connectivity index (χ2n) is 4.94. The monoisotopic (exact) mass is 394 g/mol. The molecule has 1 heterocycles. The molecule has 0 fully saturated rings. The van der Waals surface area contributed by atoms with Gasteiger partial charge in [-0.15, -0.1) is 11.3 Å². The number of aromatic nitrogens is 1. The molecule has 128 valence electrons. The average molecular weight is 395 g/mol. The summed E-state index contributed by atoms with van der Waals surface area (Å²) in [6.07, 6.45) is 2.58. The Balaban J connectivity index is 1.95. The lowest BCUT2D eigenvalue weighted by molar-refractivity contribution is -0.143. The van der Waals surface area contributed by atoms with Gasteiger partial charge in [0.2, 0.25) is 0 Å². The third kappa shape index (κ3) is 5.13. The minimum Gasteiger partial charge on any atom is -0.454 e. The number of thiazole rings is 1. The summed E-state index contributed by atoms with van der Waals surface area (Å²) in [7, 11) is 0. The number of nitriles is 1. The average Bonchev–Trinajstić information content (AvgIpc) is 3.01. The zero-order valence-corrected chi connectivity index (χ0v) is 15.4. The van der Waals surface area contributed by atoms with Gasteiger partial charge >= 0.3 is 5.97 Å². The number of nitrogens with zero attached hydrogens (tertiary/aromatic N) is 2. The number of halogens is 2. The van der Waals surface area contributed by atoms with Crippen LogP contribution in [-0.2, 0) is 14.3 Å². The third-order valence-corrected chi connectivity index (χ3v) is 4.93. The van der Waals surface area contributed by atoms with Crippen LogP contribution in [0.5, 0.6) is 0 Å². The van der Waals surface area contributed by atoms with Gasteiger partial charge in [-0.05, 0) is 24.6 Å². The van der Waals surface area contributed by atoms with Crippen molar-refractivity contribution in [2.45, 2.75) is 12.8 Å². The number of aryl methyl sites for hydroxylation is 1. The molecule has 0 aliphatic rings. The zero-order chi connectivity index (χ0) is 18.4. The smallest absolute Gasteiger partial charge is 0.331 e. The summed E-state index contributed by atoms with van der Waals surface area (Å²) >= 11 is 13.1. The van der Waals surface area contributed by atoms with E-state index < -0.39 is 24.3 Å². The van der Waals surface area contributed by atoms with Crippen LogP contribution in [0, 0.1) is 18.3 Å². The molecule has 1 aromatic heterocycles. The van der Waals surface area contributed by atoms with Gasteiger partial charge in [0, 0.05) is 17.2 Å². The fraction of sp³-hybridized carbons (Fsp3) is 0.176. The van der Waals surface area contributed by atoms with Crippen LogP contribution < -0.4 is 0 Å². The van der Waals surface area contributed by atoms with Gasteiger partial charge in [-0.3, -0.25) is 4.79 Å². The van der Waals surface area contributed by atoms with Crippen molar-refractivity contribution in [1.29, 1.82) is 5.26 Å². The van der Waals surface area contributed by atoms with E-state index in [1.165, 1.54) is 17.4 Å². The SMILES string of the molecule is Cc1csc(C(C#N)C(=O)COC(=O)/C=C/c2cccc(Cl)c2Cl)n1. The van der Waals surface area contributed by atoms with Crippen molar-refractivity contribution < 1.29 is 14.3 Å². The Labute approximate surface area is 158 Å². The second-order valence-corrected chi connectivity index (χ2v) is 6.61. The van der Waals surface area contributed by atoms with Crippen LogP contribution in [0.2, 0.25) is 10.0 Å². The number of benzene rings is 1. The van der Waals surface area contributed by atoms with Gasteiger partial charge in [0.05, 0.1) is 16.1 Å². The van der Waals surface area contributed by atoms with Crippen molar-refractivity contribution in [3.8, 4) is 6.07 Å². The van der Waals surface area contributed by atoms with Gasteiger partial charge < -0.3 is 4.74 Å². The Morgan fingerprint density at radius 3 is 2.84 bits per heavy atom. The van der Waals surface area contributed by atoms with Gasteiger partial charge in [0.1, 0.15) is 5.01 Å². The normalized spacial score (nSPS) is 11.9. The fourth-order valence-corrected chi connectivity index (χ4v) is 3.08. The number of ketones is 1. The molecular formula is C17H12Cl2N2O3S. The van der Waals surface area contributed by atoms with Crippen LogP contribution in [0.3, 0.4) is 0 Å². The molecule has 2 rings (SSSR count). The fourth-order valence-electron chi connectivity index (χ4n) is 1.85. The predicted octanol–water partition coefficient (Wildman–Crippen LogP) is 4.19. The van der Waals surface area contributed by atoms with Crippen molar-refractivity contribution in [3.63, 3.8) is 0 Å². The van der Waals surface area contributed by atoms with Crippen molar-refractivity contribution in [2.24, 2.45) is 0 Å². The van der Waals surface area contributed by atoms with E-state index in [9.17, 15) is 9.59 Å². The van der Waals surface area contributed by atoms with Crippen LogP contribution in [0.15, 0.2) is 29.7 Å². The summed E-state index contributed by atoms with van der Waals surface area (Å²) < 4.78 is 4.88. The minimum atomic E-state index is -1.04. The van der Waals surface area contributed by atoms with E-state index in [2.05, 4.69) is 4.98 Å². The van der Waals surface area contributed by atoms with Crippen LogP contribution in [0.25, 0.3) is 6.08 Å². The lowest BCUT2D eigenvalue weighted by Gasteiger charge is -2.05. The number of ether oxygens (including phenoxy) is 1. The maximum atomic E-state index is 12.1. The summed E-state index contributed by atoms with van der Waals surface area (Å²) in [6, 6.07) is 6.88. The second kappa shape index (κ2) is 8.77. The largest absolute Gasteiger partial charge is 0.454 e. The van der Waals surface area contributed by atoms with Crippen molar-refractivity contribution in [1.82, 2.24) is 4.98 Å². The van der Waals surface area contributed by atoms with Gasteiger partial charge in [0.25, 0.3) is 0 Å². The van der Waals surface area contributed by atoms with Crippen LogP contribution >= 0.6 is 34.5 Å². The first-order valence-electron chi connectivity index (χ1n) is 7.05. The first kappa shape index (κ1) is 19.1. The standard InChI is InChI=1S/C17H12Cl2N2O3S/c1-10-9-25-17(21-10)12(7-20)14(22)8-24-15(23)6-5-11-3-2-4-13(18)16(11)19/h2-6,9,12H,8H2,1H3/b6-5+. The van der Waals surface area contributed by atoms with Gasteiger partial charge in [0.15, 0.2) is 18.3 Å². The van der Waals surface area contributed by atoms with E-state index in [4.69, 9.17) is 33.2 Å². The number of carbonyl (C=O) groups is 2. The Kier molecular flexibility index (Phi) is 6.71. The van der Waals surface area contributed by atoms with E-state index in [1.807, 2.05) is 6.07 Å². The molecule has 1 atom stereocenters. The highest BCUT2D eigenvalue weighted by molar-refractivity contribution is 7.09. The molecule has 2 aromatic rings. The molecule has 0 spiro atoms. The molecule has 0 saturated heterocycles. The van der Waals surface area contributed by atoms with Crippen LogP contribution in [-0.4, -0.2) is 23.3 Å². The zero-order valence-electron chi connectivity index (χ0n) is 13.0. The topological polar surface area (TPSA) is 80.0 Å². The first-order chi connectivity index (χ1) is 11.9. The van der Waals surface area contributed by atoms with Crippen molar-refractivity contribution >= 4 is 52.4 Å². The molecule has 0 saturated carbocycles. The van der Waals surface area contributed by atoms with E-state index in [0.717, 1.165) is 11.8 Å². The number of Topliss-reactive ketones (excluding diaryl/α,β-unsaturated/α-hetero) is 1. The van der Waals surface area contributed by atoms with E-state index >= 15 is 0 Å². The number of rotatable bonds is 6. The minimum absolute atomic E-state index is 0.313. The highest BCUT2D eigenvalue weighted by Crippen LogP contribution is 2.26. The quantitative estimate of drug-likeness (QED) is 0.541. The van der Waals surface area contributed by atoms with E-state index in [1.54, 1.807) is 30.5 Å². The molecule has 1 unspecified atom stereocenters. The van der Waals surface area contributed by atoms with E-state index in [-0.39, 0.29) is 0 Å². The molecule has 0 amide bonds. The number of hydrogen-bond acceptors (Lipinski definition) is 6. The lowest BCUT2D eigenvalue weighted by atomic mass is 10.1. The lowest BCUT2D eigenvalue weighted by Crippen LogP contribution is -2.19. The van der Waals surface area contributed by atoms with Crippen LogP contribution in [0.1, 0.15) is 22.2 Å². The van der Waals surface area contributed by atoms with Crippen molar-refractivity contribution in [3.05, 3.63) is 56.0 Å². The summed E-state index contributed by atoms with van der Waals surface area (Å²) in [5.74, 6) is -2.30. The molecule has 0 bridgehead atoms. The Bertz CT molecular complexity index is 871. The molecule has 0 aliphatic carbocycles. The molecule has 8 heteroatoms. The Morgan fingerprint density at radius 1 is 1.44 bits per heavy atom. The molecular weight excluding hydrogens is 383 g/mol. The summed E-state index contributed by atoms with van der Waals surface area (Å²) in [4.78, 5) is 27.9. The Morgan fingerprint density at radius 2 is 2.20 bits per heavy atom. The molecule has 5 nitrogen and oxygen atoms in total. The van der Waals surface area contributed by atoms with E-state index in [0.29, 0.717) is 20.6 Å². The van der Waals surface area contributed by atoms with Gasteiger partial charge in [-0.2, -0.15) is 5.26 Å². The first-order valence-corrected chi connectivity index (χ1v) is 8.69. The predicted molar refractivity (Wildman–Crippen MR) is 96.7 cm³/mol. The number of esters is 1. The summed E-state index contributed by atoms with van der Waals surface area (Å²) in [6.45, 7) is 1.26. The van der Waals surface area contributed by atoms with Gasteiger partial charge in [-0.1, -0.05) is 35.3 Å². The molecule has 0 radical (unpaired) electrons. The van der Waals surface area contributed by atoms with Crippen molar-refractivity contribution in [2.75, 3.05) is 6.61 Å². The summed E-state index contributed by atoms with van der Waals surface area (Å²) in [5.41, 5.74) is 1.27. The number of hydrogen-bond donors (Lipinski definition) is 0. The highest BCUT2D eigenvalue weighted by Gasteiger charge is 2.24. The maximum Gasteiger partial charge on any atom is 0.331 e.